The number of hydrogen-bond acceptors (Lipinski definition) is 3. The van der Waals surface area contributed by atoms with Gasteiger partial charge in [0.05, 0.1) is 6.61 Å². The van der Waals surface area contributed by atoms with E-state index in [1.54, 1.807) is 7.11 Å². The average molecular weight is 327 g/mol. The fourth-order valence-corrected chi connectivity index (χ4v) is 2.53. The highest BCUT2D eigenvalue weighted by molar-refractivity contribution is 9.10. The van der Waals surface area contributed by atoms with Gasteiger partial charge in [0, 0.05) is 43.3 Å². The highest BCUT2D eigenvalue weighted by Gasteiger charge is 2.20. The van der Waals surface area contributed by atoms with Crippen molar-refractivity contribution in [3.63, 3.8) is 0 Å². The third-order valence-electron chi connectivity index (χ3n) is 3.38. The van der Waals surface area contributed by atoms with Crippen molar-refractivity contribution >= 4 is 21.8 Å². The van der Waals surface area contributed by atoms with Crippen molar-refractivity contribution in [1.82, 2.24) is 9.80 Å². The molecule has 19 heavy (non-hydrogen) atoms. The summed E-state index contributed by atoms with van der Waals surface area (Å²) in [6, 6.07) is 5.69. The number of hydrogen-bond donors (Lipinski definition) is 0. The Morgan fingerprint density at radius 1 is 1.32 bits per heavy atom. The lowest BCUT2D eigenvalue weighted by Crippen LogP contribution is -2.47. The van der Waals surface area contributed by atoms with Crippen molar-refractivity contribution in [2.45, 2.75) is 6.61 Å². The van der Waals surface area contributed by atoms with Crippen LogP contribution in [-0.4, -0.2) is 56.0 Å². The Balaban J connectivity index is 2.12. The maximum atomic E-state index is 12.4. The van der Waals surface area contributed by atoms with Gasteiger partial charge in [-0.1, -0.05) is 15.9 Å². The van der Waals surface area contributed by atoms with E-state index in [4.69, 9.17) is 4.74 Å². The van der Waals surface area contributed by atoms with Crippen LogP contribution in [-0.2, 0) is 11.3 Å². The number of likely N-dealkylation sites (N-methyl/N-ethyl adjacent to an activating group) is 1. The van der Waals surface area contributed by atoms with Gasteiger partial charge in [-0.15, -0.1) is 0 Å². The summed E-state index contributed by atoms with van der Waals surface area (Å²) < 4.78 is 6.12. The van der Waals surface area contributed by atoms with E-state index in [1.807, 2.05) is 23.1 Å². The van der Waals surface area contributed by atoms with Gasteiger partial charge in [0.1, 0.15) is 0 Å². The van der Waals surface area contributed by atoms with Crippen molar-refractivity contribution in [3.8, 4) is 0 Å². The summed E-state index contributed by atoms with van der Waals surface area (Å²) in [7, 11) is 3.74. The van der Waals surface area contributed by atoms with Crippen LogP contribution < -0.4 is 0 Å². The summed E-state index contributed by atoms with van der Waals surface area (Å²) in [4.78, 5) is 16.6. The molecule has 1 saturated heterocycles. The molecule has 1 aromatic carbocycles. The van der Waals surface area contributed by atoms with E-state index in [0.29, 0.717) is 6.61 Å². The molecule has 0 N–H and O–H groups in total. The first-order chi connectivity index (χ1) is 9.11. The molecule has 0 unspecified atom stereocenters. The van der Waals surface area contributed by atoms with Gasteiger partial charge in [-0.3, -0.25) is 4.79 Å². The first-order valence-electron chi connectivity index (χ1n) is 6.37. The first kappa shape index (κ1) is 14.5. The molecule has 1 aromatic rings. The molecule has 104 valence electrons. The van der Waals surface area contributed by atoms with Crippen LogP contribution in [0.4, 0.5) is 0 Å². The van der Waals surface area contributed by atoms with Crippen LogP contribution in [0.1, 0.15) is 15.9 Å². The molecule has 0 atom stereocenters. The normalized spacial score (nSPS) is 16.7. The standard InChI is InChI=1S/C14H19BrN2O2/c1-16-5-7-17(8-6-16)14(18)11-3-4-13(15)12(9-11)10-19-2/h3-4,9H,5-8,10H2,1-2H3. The predicted molar refractivity (Wildman–Crippen MR) is 78.3 cm³/mol. The Hall–Kier alpha value is -0.910. The van der Waals surface area contributed by atoms with Crippen molar-refractivity contribution in [2.75, 3.05) is 40.3 Å². The Bertz CT molecular complexity index is 457. The minimum atomic E-state index is 0.109. The van der Waals surface area contributed by atoms with Crippen LogP contribution in [0.5, 0.6) is 0 Å². The first-order valence-corrected chi connectivity index (χ1v) is 7.16. The van der Waals surface area contributed by atoms with Crippen LogP contribution in [0, 0.1) is 0 Å². The monoisotopic (exact) mass is 326 g/mol. The van der Waals surface area contributed by atoms with Gasteiger partial charge in [0.15, 0.2) is 0 Å². The fourth-order valence-electron chi connectivity index (χ4n) is 2.17. The van der Waals surface area contributed by atoms with E-state index in [1.165, 1.54) is 0 Å². The predicted octanol–water partition coefficient (Wildman–Crippen LogP) is 1.98. The lowest BCUT2D eigenvalue weighted by atomic mass is 10.1. The number of carbonyl (C=O) groups is 1. The summed E-state index contributed by atoms with van der Waals surface area (Å²) in [5, 5.41) is 0. The Labute approximate surface area is 122 Å². The van der Waals surface area contributed by atoms with E-state index in [-0.39, 0.29) is 5.91 Å². The molecule has 0 aliphatic carbocycles. The summed E-state index contributed by atoms with van der Waals surface area (Å²) in [6.45, 7) is 3.97. The largest absolute Gasteiger partial charge is 0.380 e. The van der Waals surface area contributed by atoms with Gasteiger partial charge < -0.3 is 14.5 Å². The van der Waals surface area contributed by atoms with E-state index < -0.39 is 0 Å². The number of amides is 1. The molecule has 1 amide bonds. The summed E-state index contributed by atoms with van der Waals surface area (Å²) in [5.74, 6) is 0.109. The number of ether oxygens (including phenoxy) is 1. The molecule has 0 spiro atoms. The van der Waals surface area contributed by atoms with E-state index >= 15 is 0 Å². The van der Waals surface area contributed by atoms with Crippen LogP contribution in [0.15, 0.2) is 22.7 Å². The van der Waals surface area contributed by atoms with Gasteiger partial charge >= 0.3 is 0 Å². The highest BCUT2D eigenvalue weighted by atomic mass is 79.9. The number of methoxy groups -OCH3 is 1. The molecule has 1 heterocycles. The smallest absolute Gasteiger partial charge is 0.253 e. The van der Waals surface area contributed by atoms with Crippen LogP contribution in [0.3, 0.4) is 0 Å². The molecule has 1 aliphatic heterocycles. The van der Waals surface area contributed by atoms with E-state index in [9.17, 15) is 4.79 Å². The molecule has 1 fully saturated rings. The molecular formula is C14H19BrN2O2. The summed E-state index contributed by atoms with van der Waals surface area (Å²) in [6.07, 6.45) is 0. The molecule has 2 rings (SSSR count). The quantitative estimate of drug-likeness (QED) is 0.851. The van der Waals surface area contributed by atoms with Crippen LogP contribution in [0.2, 0.25) is 0 Å². The minimum absolute atomic E-state index is 0.109. The Morgan fingerprint density at radius 3 is 2.63 bits per heavy atom. The van der Waals surface area contributed by atoms with Gasteiger partial charge in [-0.2, -0.15) is 0 Å². The molecule has 0 saturated carbocycles. The number of benzene rings is 1. The van der Waals surface area contributed by atoms with E-state index in [2.05, 4.69) is 27.9 Å². The van der Waals surface area contributed by atoms with Crippen LogP contribution in [0.25, 0.3) is 0 Å². The maximum absolute atomic E-state index is 12.4. The van der Waals surface area contributed by atoms with Crippen molar-refractivity contribution in [2.24, 2.45) is 0 Å². The molecule has 5 heteroatoms. The molecule has 4 nitrogen and oxygen atoms in total. The van der Waals surface area contributed by atoms with Crippen molar-refractivity contribution in [3.05, 3.63) is 33.8 Å². The lowest BCUT2D eigenvalue weighted by molar-refractivity contribution is 0.0664. The average Bonchev–Trinajstić information content (AvgIpc) is 2.41. The lowest BCUT2D eigenvalue weighted by Gasteiger charge is -2.32. The second-order valence-electron chi connectivity index (χ2n) is 4.83. The second kappa shape index (κ2) is 6.50. The van der Waals surface area contributed by atoms with Gasteiger partial charge in [-0.25, -0.2) is 0 Å². The number of carbonyl (C=O) groups excluding carboxylic acids is 1. The van der Waals surface area contributed by atoms with Gasteiger partial charge in [0.2, 0.25) is 0 Å². The Morgan fingerprint density at radius 2 is 2.00 bits per heavy atom. The zero-order valence-electron chi connectivity index (χ0n) is 11.4. The molecule has 0 aromatic heterocycles. The number of halogens is 1. The number of rotatable bonds is 3. The molecular weight excluding hydrogens is 308 g/mol. The third-order valence-corrected chi connectivity index (χ3v) is 4.16. The fraction of sp³-hybridized carbons (Fsp3) is 0.500. The van der Waals surface area contributed by atoms with Gasteiger partial charge in [-0.05, 0) is 30.8 Å². The summed E-state index contributed by atoms with van der Waals surface area (Å²) in [5.41, 5.74) is 1.74. The van der Waals surface area contributed by atoms with Gasteiger partial charge in [0.25, 0.3) is 5.91 Å². The minimum Gasteiger partial charge on any atom is -0.380 e. The second-order valence-corrected chi connectivity index (χ2v) is 5.69. The highest BCUT2D eigenvalue weighted by Crippen LogP contribution is 2.20. The maximum Gasteiger partial charge on any atom is 0.253 e. The SMILES string of the molecule is COCc1cc(C(=O)N2CCN(C)CC2)ccc1Br. The number of piperazine rings is 1. The Kier molecular flexibility index (Phi) is 4.96. The summed E-state index contributed by atoms with van der Waals surface area (Å²) >= 11 is 3.47. The third kappa shape index (κ3) is 3.55. The van der Waals surface area contributed by atoms with Crippen LogP contribution >= 0.6 is 15.9 Å². The molecule has 0 radical (unpaired) electrons. The molecule has 0 bridgehead atoms. The zero-order valence-corrected chi connectivity index (χ0v) is 12.9. The van der Waals surface area contributed by atoms with E-state index in [0.717, 1.165) is 41.8 Å². The molecule has 1 aliphatic rings. The topological polar surface area (TPSA) is 32.8 Å². The van der Waals surface area contributed by atoms with Crippen molar-refractivity contribution < 1.29 is 9.53 Å². The zero-order chi connectivity index (χ0) is 13.8. The van der Waals surface area contributed by atoms with Crippen molar-refractivity contribution in [1.29, 1.82) is 0 Å². The number of nitrogens with zero attached hydrogens (tertiary/aromatic N) is 2.